The van der Waals surface area contributed by atoms with Gasteiger partial charge in [0.25, 0.3) is 0 Å². The number of nitrogens with one attached hydrogen (secondary N) is 1. The summed E-state index contributed by atoms with van der Waals surface area (Å²) in [7, 11) is 0. The molecule has 5 heteroatoms. The second-order valence-electron chi connectivity index (χ2n) is 5.01. The Hall–Kier alpha value is -0.840. The topological polar surface area (TPSA) is 58.3 Å². The molecule has 0 aliphatic heterocycles. The first kappa shape index (κ1) is 14.6. The van der Waals surface area contributed by atoms with E-state index in [-0.39, 0.29) is 12.1 Å². The Kier molecular flexibility index (Phi) is 5.02. The van der Waals surface area contributed by atoms with Crippen molar-refractivity contribution in [3.8, 4) is 0 Å². The lowest BCUT2D eigenvalue weighted by Crippen LogP contribution is -2.33. The van der Waals surface area contributed by atoms with Crippen molar-refractivity contribution < 1.29 is 5.11 Å². The molecule has 1 aliphatic rings. The highest BCUT2D eigenvalue weighted by atomic mass is 35.5. The van der Waals surface area contributed by atoms with Gasteiger partial charge in [0.05, 0.1) is 12.1 Å². The number of halogens is 1. The smallest absolute Gasteiger partial charge is 0.106 e. The molecule has 4 N–H and O–H groups in total. The van der Waals surface area contributed by atoms with Gasteiger partial charge < -0.3 is 16.2 Å². The standard InChI is InChI=1S/C14H19ClN2OS/c15-9-6-7-10(14(16)19)12(8-9)17-11-4-2-1-3-5-13(11)18/h6-8,11,13,17-18H,1-5H2,(H2,16,19). The van der Waals surface area contributed by atoms with E-state index >= 15 is 0 Å². The van der Waals surface area contributed by atoms with E-state index in [9.17, 15) is 5.11 Å². The van der Waals surface area contributed by atoms with Gasteiger partial charge in [-0.05, 0) is 31.0 Å². The van der Waals surface area contributed by atoms with Crippen molar-refractivity contribution in [1.29, 1.82) is 0 Å². The van der Waals surface area contributed by atoms with Crippen molar-refractivity contribution in [3.05, 3.63) is 28.8 Å². The molecule has 1 aliphatic carbocycles. The van der Waals surface area contributed by atoms with Gasteiger partial charge in [0.1, 0.15) is 4.99 Å². The highest BCUT2D eigenvalue weighted by Gasteiger charge is 2.22. The summed E-state index contributed by atoms with van der Waals surface area (Å²) in [6.07, 6.45) is 4.83. The molecule has 0 radical (unpaired) electrons. The second-order valence-corrected chi connectivity index (χ2v) is 5.89. The summed E-state index contributed by atoms with van der Waals surface area (Å²) < 4.78 is 0. The average molecular weight is 299 g/mol. The maximum Gasteiger partial charge on any atom is 0.106 e. The van der Waals surface area contributed by atoms with Crippen LogP contribution in [0.15, 0.2) is 18.2 Å². The molecule has 1 aromatic rings. The molecule has 2 rings (SSSR count). The van der Waals surface area contributed by atoms with Gasteiger partial charge in [-0.25, -0.2) is 0 Å². The number of thiocarbonyl (C=S) groups is 1. The molecule has 1 aromatic carbocycles. The molecule has 0 spiro atoms. The van der Waals surface area contributed by atoms with Crippen LogP contribution < -0.4 is 11.1 Å². The zero-order chi connectivity index (χ0) is 13.8. The molecule has 0 amide bonds. The Morgan fingerprint density at radius 2 is 2.05 bits per heavy atom. The highest BCUT2D eigenvalue weighted by molar-refractivity contribution is 7.80. The summed E-state index contributed by atoms with van der Waals surface area (Å²) in [5.41, 5.74) is 7.31. The van der Waals surface area contributed by atoms with Crippen molar-refractivity contribution in [2.45, 2.75) is 44.2 Å². The minimum Gasteiger partial charge on any atom is -0.391 e. The fourth-order valence-electron chi connectivity index (χ4n) is 2.51. The van der Waals surface area contributed by atoms with E-state index in [1.807, 2.05) is 12.1 Å². The number of anilines is 1. The third-order valence-corrected chi connectivity index (χ3v) is 4.02. The van der Waals surface area contributed by atoms with E-state index in [1.165, 1.54) is 6.42 Å². The van der Waals surface area contributed by atoms with Crippen LogP contribution in [0.3, 0.4) is 0 Å². The average Bonchev–Trinajstić information content (AvgIpc) is 2.55. The van der Waals surface area contributed by atoms with E-state index in [1.54, 1.807) is 6.07 Å². The second kappa shape index (κ2) is 6.55. The number of rotatable bonds is 3. The van der Waals surface area contributed by atoms with Gasteiger partial charge in [0, 0.05) is 16.3 Å². The van der Waals surface area contributed by atoms with Crippen molar-refractivity contribution in [1.82, 2.24) is 0 Å². The third-order valence-electron chi connectivity index (χ3n) is 3.57. The monoisotopic (exact) mass is 298 g/mol. The number of aliphatic hydroxyl groups excluding tert-OH is 1. The molecule has 3 nitrogen and oxygen atoms in total. The van der Waals surface area contributed by atoms with Crippen LogP contribution >= 0.6 is 23.8 Å². The Morgan fingerprint density at radius 3 is 2.79 bits per heavy atom. The molecule has 2 unspecified atom stereocenters. The van der Waals surface area contributed by atoms with Crippen molar-refractivity contribution >= 4 is 34.5 Å². The van der Waals surface area contributed by atoms with Gasteiger partial charge in [-0.1, -0.05) is 43.1 Å². The molecule has 0 heterocycles. The Balaban J connectivity index is 2.21. The van der Waals surface area contributed by atoms with E-state index in [4.69, 9.17) is 29.6 Å². The van der Waals surface area contributed by atoms with Crippen LogP contribution in [0, 0.1) is 0 Å². The summed E-state index contributed by atoms with van der Waals surface area (Å²) in [5.74, 6) is 0. The maximum atomic E-state index is 10.1. The third kappa shape index (κ3) is 3.81. The van der Waals surface area contributed by atoms with Crippen molar-refractivity contribution in [2.24, 2.45) is 5.73 Å². The van der Waals surface area contributed by atoms with Crippen molar-refractivity contribution in [2.75, 3.05) is 5.32 Å². The van der Waals surface area contributed by atoms with Gasteiger partial charge >= 0.3 is 0 Å². The molecule has 0 saturated heterocycles. The number of nitrogens with two attached hydrogens (primary N) is 1. The first-order valence-corrected chi connectivity index (χ1v) is 7.40. The van der Waals surface area contributed by atoms with Crippen LogP contribution in [0.4, 0.5) is 5.69 Å². The van der Waals surface area contributed by atoms with Crippen LogP contribution in [-0.2, 0) is 0 Å². The lowest BCUT2D eigenvalue weighted by Gasteiger charge is -2.24. The molecule has 1 saturated carbocycles. The van der Waals surface area contributed by atoms with Gasteiger partial charge in [-0.3, -0.25) is 0 Å². The zero-order valence-corrected chi connectivity index (χ0v) is 12.3. The molecule has 104 valence electrons. The fourth-order valence-corrected chi connectivity index (χ4v) is 2.86. The van der Waals surface area contributed by atoms with Crippen LogP contribution in [-0.4, -0.2) is 22.2 Å². The van der Waals surface area contributed by atoms with Crippen LogP contribution in [0.5, 0.6) is 0 Å². The summed E-state index contributed by atoms with van der Waals surface area (Å²) >= 11 is 11.1. The van der Waals surface area contributed by atoms with E-state index in [2.05, 4.69) is 5.32 Å². The Labute approximate surface area is 124 Å². The highest BCUT2D eigenvalue weighted by Crippen LogP contribution is 2.26. The molecular weight excluding hydrogens is 280 g/mol. The molecule has 19 heavy (non-hydrogen) atoms. The van der Waals surface area contributed by atoms with Gasteiger partial charge in [0.15, 0.2) is 0 Å². The molecule has 1 fully saturated rings. The van der Waals surface area contributed by atoms with Crippen molar-refractivity contribution in [3.63, 3.8) is 0 Å². The SMILES string of the molecule is NC(=S)c1ccc(Cl)cc1NC1CCCCCC1O. The van der Waals surface area contributed by atoms with Gasteiger partial charge in [-0.2, -0.15) is 0 Å². The molecular formula is C14H19ClN2OS. The lowest BCUT2D eigenvalue weighted by molar-refractivity contribution is 0.144. The predicted octanol–water partition coefficient (Wildman–Crippen LogP) is 3.08. The number of hydrogen-bond donors (Lipinski definition) is 3. The van der Waals surface area contributed by atoms with Crippen LogP contribution in [0.1, 0.15) is 37.7 Å². The fraction of sp³-hybridized carbons (Fsp3) is 0.500. The van der Waals surface area contributed by atoms with E-state index in [0.29, 0.717) is 10.0 Å². The Bertz CT molecular complexity index is 467. The number of aliphatic hydroxyl groups is 1. The largest absolute Gasteiger partial charge is 0.391 e. The quantitative estimate of drug-likeness (QED) is 0.593. The molecule has 2 atom stereocenters. The van der Waals surface area contributed by atoms with Gasteiger partial charge in [0.2, 0.25) is 0 Å². The minimum atomic E-state index is -0.333. The summed E-state index contributed by atoms with van der Waals surface area (Å²) in [4.78, 5) is 0.335. The molecule has 0 aromatic heterocycles. The maximum absolute atomic E-state index is 10.1. The lowest BCUT2D eigenvalue weighted by atomic mass is 10.0. The summed E-state index contributed by atoms with van der Waals surface area (Å²) in [6.45, 7) is 0. The summed E-state index contributed by atoms with van der Waals surface area (Å²) in [6, 6.07) is 5.43. The van der Waals surface area contributed by atoms with E-state index < -0.39 is 0 Å². The van der Waals surface area contributed by atoms with E-state index in [0.717, 1.165) is 36.9 Å². The van der Waals surface area contributed by atoms with Crippen LogP contribution in [0.25, 0.3) is 0 Å². The first-order valence-electron chi connectivity index (χ1n) is 6.62. The minimum absolute atomic E-state index is 0.0362. The number of hydrogen-bond acceptors (Lipinski definition) is 3. The molecule has 0 bridgehead atoms. The predicted molar refractivity (Wildman–Crippen MR) is 83.8 cm³/mol. The number of benzene rings is 1. The normalized spacial score (nSPS) is 23.7. The Morgan fingerprint density at radius 1 is 1.32 bits per heavy atom. The first-order chi connectivity index (χ1) is 9.08. The van der Waals surface area contributed by atoms with Gasteiger partial charge in [-0.15, -0.1) is 0 Å². The van der Waals surface area contributed by atoms with Crippen LogP contribution in [0.2, 0.25) is 5.02 Å². The summed E-state index contributed by atoms with van der Waals surface area (Å²) in [5, 5.41) is 14.1. The zero-order valence-electron chi connectivity index (χ0n) is 10.7.